The molecule has 0 radical (unpaired) electrons. The third kappa shape index (κ3) is 3.09. The summed E-state index contributed by atoms with van der Waals surface area (Å²) in [6.45, 7) is 1.49. The van der Waals surface area contributed by atoms with Crippen molar-refractivity contribution in [2.24, 2.45) is 0 Å². The average molecular weight is 328 g/mol. The van der Waals surface area contributed by atoms with Crippen LogP contribution in [0.3, 0.4) is 0 Å². The first-order chi connectivity index (χ1) is 11.8. The lowest BCUT2D eigenvalue weighted by Gasteiger charge is -2.31. The molecule has 0 bridgehead atoms. The molecule has 1 aliphatic heterocycles. The van der Waals surface area contributed by atoms with Gasteiger partial charge in [0.25, 0.3) is 5.91 Å². The minimum absolute atomic E-state index is 0.0335. The van der Waals surface area contributed by atoms with Crippen molar-refractivity contribution in [3.8, 4) is 0 Å². The maximum absolute atomic E-state index is 12.8. The molecule has 1 N–H and O–H groups in total. The fourth-order valence-corrected chi connectivity index (χ4v) is 4.05. The number of piperidine rings is 1. The summed E-state index contributed by atoms with van der Waals surface area (Å²) in [5.41, 5.74) is 2.06. The van der Waals surface area contributed by atoms with Crippen molar-refractivity contribution in [2.45, 2.75) is 56.8 Å². The molecule has 1 saturated carbocycles. The minimum atomic E-state index is -0.0335. The first-order valence-corrected chi connectivity index (χ1v) is 9.06. The number of carbonyl (C=O) groups excluding carboxylic acids is 1. The van der Waals surface area contributed by atoms with Crippen molar-refractivity contribution in [1.82, 2.24) is 20.3 Å². The molecule has 0 aromatic carbocycles. The molecule has 2 aromatic rings. The number of aromatic nitrogens is 3. The van der Waals surface area contributed by atoms with E-state index < -0.39 is 0 Å². The lowest BCUT2D eigenvalue weighted by Crippen LogP contribution is -2.39. The van der Waals surface area contributed by atoms with Gasteiger partial charge in [-0.2, -0.15) is 5.10 Å². The zero-order chi connectivity index (χ0) is 16.4. The van der Waals surface area contributed by atoms with Gasteiger partial charge in [-0.3, -0.25) is 9.89 Å². The fraction of sp³-hybridized carbons (Fsp3) is 0.611. The number of hydrogen-bond acceptors (Lipinski definition) is 4. The first-order valence-electron chi connectivity index (χ1n) is 9.06. The van der Waals surface area contributed by atoms with E-state index in [4.69, 9.17) is 4.52 Å². The third-order valence-corrected chi connectivity index (χ3v) is 5.43. The van der Waals surface area contributed by atoms with E-state index in [0.717, 1.165) is 43.6 Å². The van der Waals surface area contributed by atoms with Crippen LogP contribution in [0.4, 0.5) is 0 Å². The van der Waals surface area contributed by atoms with E-state index in [2.05, 4.69) is 15.4 Å². The van der Waals surface area contributed by atoms with Gasteiger partial charge in [-0.15, -0.1) is 0 Å². The molecule has 2 fully saturated rings. The van der Waals surface area contributed by atoms with Crippen LogP contribution < -0.4 is 0 Å². The molecular weight excluding hydrogens is 304 g/mol. The van der Waals surface area contributed by atoms with E-state index in [1.54, 1.807) is 6.20 Å². The summed E-state index contributed by atoms with van der Waals surface area (Å²) in [6.07, 6.45) is 9.97. The van der Waals surface area contributed by atoms with Crippen LogP contribution in [0.25, 0.3) is 0 Å². The molecule has 1 aliphatic carbocycles. The highest BCUT2D eigenvalue weighted by atomic mass is 16.5. The van der Waals surface area contributed by atoms with Crippen molar-refractivity contribution in [1.29, 1.82) is 0 Å². The summed E-state index contributed by atoms with van der Waals surface area (Å²) in [4.78, 5) is 14.7. The second kappa shape index (κ2) is 6.79. The largest absolute Gasteiger partial charge is 0.351 e. The van der Waals surface area contributed by atoms with Gasteiger partial charge in [0.05, 0.1) is 5.69 Å². The molecule has 6 nitrogen and oxygen atoms in total. The van der Waals surface area contributed by atoms with E-state index in [1.807, 2.05) is 17.0 Å². The molecule has 128 valence electrons. The van der Waals surface area contributed by atoms with Gasteiger partial charge in [0.15, 0.2) is 0 Å². The number of nitrogens with one attached hydrogen (secondary N) is 1. The Balaban J connectivity index is 1.44. The van der Waals surface area contributed by atoms with Gasteiger partial charge in [0.1, 0.15) is 0 Å². The molecule has 4 rings (SSSR count). The number of rotatable bonds is 3. The molecule has 6 heteroatoms. The maximum Gasteiger partial charge on any atom is 0.292 e. The summed E-state index contributed by atoms with van der Waals surface area (Å²) >= 11 is 0. The van der Waals surface area contributed by atoms with Crippen LogP contribution in [0.15, 0.2) is 22.9 Å². The molecule has 2 aromatic heterocycles. The topological polar surface area (TPSA) is 75.0 Å². The van der Waals surface area contributed by atoms with Gasteiger partial charge >= 0.3 is 0 Å². The zero-order valence-electron chi connectivity index (χ0n) is 13.9. The van der Waals surface area contributed by atoms with E-state index in [-0.39, 0.29) is 5.91 Å². The Bertz CT molecular complexity index is 673. The van der Waals surface area contributed by atoms with E-state index in [1.165, 1.54) is 19.3 Å². The molecule has 1 amide bonds. The number of likely N-dealkylation sites (tertiary alicyclic amines) is 1. The summed E-state index contributed by atoms with van der Waals surface area (Å²) in [6, 6.07) is 3.87. The standard InChI is InChI=1S/C18H24N4O2/c23-18(17-11-16(21-24-17)13-5-2-1-3-6-13)22-10-4-7-14(12-22)15-8-9-19-20-15/h8-9,11,13-14H,1-7,10,12H2,(H,19,20)/t14-/m0/s1. The van der Waals surface area contributed by atoms with Crippen molar-refractivity contribution in [3.63, 3.8) is 0 Å². The van der Waals surface area contributed by atoms with E-state index in [9.17, 15) is 4.79 Å². The van der Waals surface area contributed by atoms with Gasteiger partial charge in [-0.1, -0.05) is 24.4 Å². The van der Waals surface area contributed by atoms with Gasteiger partial charge in [0, 0.05) is 42.9 Å². The quantitative estimate of drug-likeness (QED) is 0.936. The highest BCUT2D eigenvalue weighted by Crippen LogP contribution is 2.32. The van der Waals surface area contributed by atoms with Gasteiger partial charge in [-0.25, -0.2) is 0 Å². The van der Waals surface area contributed by atoms with Gasteiger partial charge in [-0.05, 0) is 31.7 Å². The molecule has 2 aliphatic rings. The lowest BCUT2D eigenvalue weighted by atomic mass is 9.87. The van der Waals surface area contributed by atoms with Crippen molar-refractivity contribution < 1.29 is 9.32 Å². The normalized spacial score (nSPS) is 22.7. The van der Waals surface area contributed by atoms with Crippen molar-refractivity contribution >= 4 is 5.91 Å². The lowest BCUT2D eigenvalue weighted by molar-refractivity contribution is 0.0663. The number of H-pyrrole nitrogens is 1. The van der Waals surface area contributed by atoms with Crippen molar-refractivity contribution in [3.05, 3.63) is 35.5 Å². The van der Waals surface area contributed by atoms with Crippen LogP contribution >= 0.6 is 0 Å². The van der Waals surface area contributed by atoms with Gasteiger partial charge in [0.2, 0.25) is 5.76 Å². The Morgan fingerprint density at radius 3 is 2.79 bits per heavy atom. The molecule has 24 heavy (non-hydrogen) atoms. The molecule has 3 heterocycles. The predicted octanol–water partition coefficient (Wildman–Crippen LogP) is 3.47. The van der Waals surface area contributed by atoms with Crippen LogP contribution in [-0.2, 0) is 0 Å². The maximum atomic E-state index is 12.8. The van der Waals surface area contributed by atoms with Crippen LogP contribution in [0.5, 0.6) is 0 Å². The van der Waals surface area contributed by atoms with E-state index >= 15 is 0 Å². The Morgan fingerprint density at radius 1 is 1.17 bits per heavy atom. The molecule has 1 saturated heterocycles. The Morgan fingerprint density at radius 2 is 2.00 bits per heavy atom. The number of carbonyl (C=O) groups is 1. The SMILES string of the molecule is O=C(c1cc(C2CCCCC2)no1)N1CCC[C@H](c2ccn[nH]2)C1. The summed E-state index contributed by atoms with van der Waals surface area (Å²) in [5, 5.41) is 11.2. The molecule has 0 unspecified atom stereocenters. The number of amides is 1. The average Bonchev–Trinajstić information content (AvgIpc) is 3.34. The summed E-state index contributed by atoms with van der Waals surface area (Å²) in [5.74, 6) is 1.14. The number of aromatic amines is 1. The Hall–Kier alpha value is -2.11. The zero-order valence-corrected chi connectivity index (χ0v) is 13.9. The molecule has 1 atom stereocenters. The number of nitrogens with zero attached hydrogens (tertiary/aromatic N) is 3. The number of hydrogen-bond donors (Lipinski definition) is 1. The second-order valence-corrected chi connectivity index (χ2v) is 7.05. The Labute approximate surface area is 141 Å². The summed E-state index contributed by atoms with van der Waals surface area (Å²) < 4.78 is 5.40. The van der Waals surface area contributed by atoms with Crippen LogP contribution in [0.2, 0.25) is 0 Å². The minimum Gasteiger partial charge on any atom is -0.351 e. The summed E-state index contributed by atoms with van der Waals surface area (Å²) in [7, 11) is 0. The highest BCUT2D eigenvalue weighted by molar-refractivity contribution is 5.91. The fourth-order valence-electron chi connectivity index (χ4n) is 4.05. The molecule has 0 spiro atoms. The Kier molecular flexibility index (Phi) is 4.36. The van der Waals surface area contributed by atoms with Crippen LogP contribution in [0, 0.1) is 0 Å². The third-order valence-electron chi connectivity index (χ3n) is 5.43. The molecular formula is C18H24N4O2. The van der Waals surface area contributed by atoms with Crippen LogP contribution in [0.1, 0.15) is 78.7 Å². The predicted molar refractivity (Wildman–Crippen MR) is 88.8 cm³/mol. The first kappa shape index (κ1) is 15.4. The van der Waals surface area contributed by atoms with Crippen LogP contribution in [-0.4, -0.2) is 39.3 Å². The monoisotopic (exact) mass is 328 g/mol. The smallest absolute Gasteiger partial charge is 0.292 e. The van der Waals surface area contributed by atoms with E-state index in [0.29, 0.717) is 24.1 Å². The second-order valence-electron chi connectivity index (χ2n) is 7.05. The van der Waals surface area contributed by atoms with Gasteiger partial charge < -0.3 is 9.42 Å². The highest BCUT2D eigenvalue weighted by Gasteiger charge is 2.29. The van der Waals surface area contributed by atoms with Crippen molar-refractivity contribution in [2.75, 3.05) is 13.1 Å².